The molecule has 2 N–H and O–H groups in total. The number of carbonyl (C=O) groups excluding carboxylic acids is 2. The van der Waals surface area contributed by atoms with Crippen molar-refractivity contribution in [2.45, 2.75) is 16.6 Å². The van der Waals surface area contributed by atoms with Crippen LogP contribution in [-0.4, -0.2) is 85.6 Å². The average molecular weight is 481 g/mol. The highest BCUT2D eigenvalue weighted by Crippen LogP contribution is 2.41. The van der Waals surface area contributed by atoms with Crippen LogP contribution in [0.15, 0.2) is 22.6 Å². The van der Waals surface area contributed by atoms with Gasteiger partial charge < -0.3 is 10.4 Å². The first-order valence-electron chi connectivity index (χ1n) is 8.93. The first-order chi connectivity index (χ1) is 15.2. The summed E-state index contributed by atoms with van der Waals surface area (Å²) in [6, 6.07) is -1.03. The number of carboxylic acid groups (broad SMARTS) is 1. The van der Waals surface area contributed by atoms with Crippen molar-refractivity contribution in [3.63, 3.8) is 0 Å². The number of nitro groups is 1. The van der Waals surface area contributed by atoms with Crippen LogP contribution in [0.2, 0.25) is 0 Å². The Morgan fingerprint density at radius 3 is 2.81 bits per heavy atom. The van der Waals surface area contributed by atoms with Gasteiger partial charge in [0, 0.05) is 25.6 Å². The van der Waals surface area contributed by atoms with Gasteiger partial charge in [0.2, 0.25) is 10.9 Å². The number of aromatic nitrogens is 6. The van der Waals surface area contributed by atoms with Crippen molar-refractivity contribution >= 4 is 47.0 Å². The van der Waals surface area contributed by atoms with Crippen LogP contribution in [-0.2, 0) is 23.7 Å². The first-order valence-corrected chi connectivity index (χ1v) is 11.0. The minimum atomic E-state index is -1.26. The highest BCUT2D eigenvalue weighted by Gasteiger charge is 2.54. The number of nitrogens with zero attached hydrogens (tertiary/aromatic N) is 8. The third kappa shape index (κ3) is 3.68. The van der Waals surface area contributed by atoms with Crippen LogP contribution in [0.5, 0.6) is 0 Å². The summed E-state index contributed by atoms with van der Waals surface area (Å²) in [4.78, 5) is 48.7. The monoisotopic (exact) mass is 481 g/mol. The summed E-state index contributed by atoms with van der Waals surface area (Å²) in [7, 11) is 3.08. The molecular weight excluding hydrogens is 466 g/mol. The molecule has 2 aliphatic heterocycles. The van der Waals surface area contributed by atoms with Gasteiger partial charge >= 0.3 is 11.7 Å². The molecule has 2 aliphatic rings. The molecule has 0 aliphatic carbocycles. The number of tetrazole rings is 1. The molecule has 0 bridgehead atoms. The standard InChI is InChI=1S/C15H15N9O6S2/c1-21-3-7(24(29)30)8(18-21)11(25)16-9-12(26)23-10(14(27)28)6(4-31-13(9)23)5-32-15-17-19-20-22(15)2/h3,9,13H,4-5H2,1-2H3,(H,16,25)(H,27,28). The number of aryl methyl sites for hydroxylation is 2. The zero-order valence-corrected chi connectivity index (χ0v) is 18.2. The summed E-state index contributed by atoms with van der Waals surface area (Å²) >= 11 is 2.52. The molecule has 17 heteroatoms. The lowest BCUT2D eigenvalue weighted by atomic mass is 10.0. The second kappa shape index (κ2) is 8.23. The molecule has 168 valence electrons. The number of carboxylic acids is 1. The number of β-lactam (4-membered cyclic amide) rings is 1. The van der Waals surface area contributed by atoms with E-state index in [4.69, 9.17) is 0 Å². The highest BCUT2D eigenvalue weighted by molar-refractivity contribution is 8.01. The van der Waals surface area contributed by atoms with Crippen LogP contribution < -0.4 is 5.32 Å². The van der Waals surface area contributed by atoms with E-state index in [1.807, 2.05) is 0 Å². The van der Waals surface area contributed by atoms with Crippen LogP contribution in [0.1, 0.15) is 10.5 Å². The number of aliphatic carboxylic acids is 1. The fourth-order valence-corrected chi connectivity index (χ4v) is 5.61. The van der Waals surface area contributed by atoms with Crippen molar-refractivity contribution in [2.75, 3.05) is 11.5 Å². The molecule has 0 radical (unpaired) electrons. The zero-order chi connectivity index (χ0) is 23.2. The lowest BCUT2D eigenvalue weighted by Gasteiger charge is -2.49. The molecular formula is C15H15N9O6S2. The second-order valence-corrected chi connectivity index (χ2v) is 8.83. The van der Waals surface area contributed by atoms with Crippen molar-refractivity contribution in [2.24, 2.45) is 14.1 Å². The molecule has 1 saturated heterocycles. The molecule has 2 aromatic rings. The molecule has 2 amide bonds. The first kappa shape index (κ1) is 21.8. The topological polar surface area (TPSA) is 191 Å². The molecule has 0 spiro atoms. The Morgan fingerprint density at radius 2 is 2.19 bits per heavy atom. The SMILES string of the molecule is Cn1cc([N+](=O)[O-])c(C(=O)NC2C(=O)N3C(C(=O)O)=C(CSc4nnnn4C)CSC23)n1. The van der Waals surface area contributed by atoms with Gasteiger partial charge in [0.1, 0.15) is 23.3 Å². The number of amides is 2. The molecule has 32 heavy (non-hydrogen) atoms. The molecule has 4 heterocycles. The minimum Gasteiger partial charge on any atom is -0.477 e. The number of hydrogen-bond acceptors (Lipinski definition) is 11. The summed E-state index contributed by atoms with van der Waals surface area (Å²) < 4.78 is 2.57. The quantitative estimate of drug-likeness (QED) is 0.212. The van der Waals surface area contributed by atoms with Crippen LogP contribution in [0.3, 0.4) is 0 Å². The van der Waals surface area contributed by atoms with Crippen LogP contribution in [0.25, 0.3) is 0 Å². The molecule has 15 nitrogen and oxygen atoms in total. The molecule has 0 saturated carbocycles. The number of rotatable bonds is 7. The Bertz CT molecular complexity index is 1170. The zero-order valence-electron chi connectivity index (χ0n) is 16.5. The summed E-state index contributed by atoms with van der Waals surface area (Å²) in [5.74, 6) is -2.19. The highest BCUT2D eigenvalue weighted by atomic mass is 32.2. The van der Waals surface area contributed by atoms with E-state index in [9.17, 15) is 29.6 Å². The van der Waals surface area contributed by atoms with Crippen LogP contribution >= 0.6 is 23.5 Å². The van der Waals surface area contributed by atoms with Gasteiger partial charge in [0.15, 0.2) is 0 Å². The molecule has 2 unspecified atom stereocenters. The molecule has 1 fully saturated rings. The van der Waals surface area contributed by atoms with Gasteiger partial charge in [-0.2, -0.15) is 5.10 Å². The van der Waals surface area contributed by atoms with E-state index in [-0.39, 0.29) is 11.4 Å². The van der Waals surface area contributed by atoms with Gasteiger partial charge in [0.05, 0.1) is 4.92 Å². The van der Waals surface area contributed by atoms with Crippen LogP contribution in [0, 0.1) is 10.1 Å². The molecule has 2 atom stereocenters. The van der Waals surface area contributed by atoms with E-state index in [1.165, 1.54) is 35.3 Å². The fraction of sp³-hybridized carbons (Fsp3) is 0.400. The number of nitrogens with one attached hydrogen (secondary N) is 1. The van der Waals surface area contributed by atoms with Gasteiger partial charge in [-0.3, -0.25) is 29.3 Å². The lowest BCUT2D eigenvalue weighted by molar-refractivity contribution is -0.385. The van der Waals surface area contributed by atoms with Crippen molar-refractivity contribution in [1.29, 1.82) is 0 Å². The number of fused-ring (bicyclic) bond motifs is 1. The predicted octanol–water partition coefficient (Wildman–Crippen LogP) is -1.00. The van der Waals surface area contributed by atoms with Gasteiger partial charge in [-0.1, -0.05) is 11.8 Å². The molecule has 4 rings (SSSR count). The van der Waals surface area contributed by atoms with Crippen LogP contribution in [0.4, 0.5) is 5.69 Å². The van der Waals surface area contributed by atoms with Gasteiger partial charge in [0.25, 0.3) is 11.8 Å². The van der Waals surface area contributed by atoms with Crippen molar-refractivity contribution in [3.8, 4) is 0 Å². The Morgan fingerprint density at radius 1 is 1.44 bits per heavy atom. The van der Waals surface area contributed by atoms with E-state index < -0.39 is 45.5 Å². The van der Waals surface area contributed by atoms with Gasteiger partial charge in [-0.25, -0.2) is 9.48 Å². The summed E-state index contributed by atoms with van der Waals surface area (Å²) in [5.41, 5.74) is -0.539. The third-order valence-electron chi connectivity index (χ3n) is 4.71. The predicted molar refractivity (Wildman–Crippen MR) is 108 cm³/mol. The Labute approximate surface area is 187 Å². The van der Waals surface area contributed by atoms with E-state index >= 15 is 0 Å². The van der Waals surface area contributed by atoms with E-state index in [2.05, 4.69) is 25.9 Å². The Hall–Kier alpha value is -3.47. The second-order valence-electron chi connectivity index (χ2n) is 6.79. The largest absolute Gasteiger partial charge is 0.477 e. The molecule has 2 aromatic heterocycles. The number of hydrogen-bond donors (Lipinski definition) is 2. The fourth-order valence-electron chi connectivity index (χ4n) is 3.27. The maximum Gasteiger partial charge on any atom is 0.352 e. The summed E-state index contributed by atoms with van der Waals surface area (Å²) in [6.07, 6.45) is 1.08. The Balaban J connectivity index is 1.51. The maximum absolute atomic E-state index is 12.7. The van der Waals surface area contributed by atoms with E-state index in [0.29, 0.717) is 16.5 Å². The average Bonchev–Trinajstić information content (AvgIpc) is 3.34. The molecule has 0 aromatic carbocycles. The van der Waals surface area contributed by atoms with Crippen molar-refractivity contribution < 1.29 is 24.4 Å². The summed E-state index contributed by atoms with van der Waals surface area (Å²) in [6.45, 7) is 0. The van der Waals surface area contributed by atoms with Crippen molar-refractivity contribution in [3.05, 3.63) is 33.3 Å². The number of thioether (sulfide) groups is 2. The Kier molecular flexibility index (Phi) is 5.59. The maximum atomic E-state index is 12.7. The lowest BCUT2D eigenvalue weighted by Crippen LogP contribution is -2.70. The van der Waals surface area contributed by atoms with Crippen molar-refractivity contribution in [1.82, 2.24) is 40.2 Å². The number of carbonyl (C=O) groups is 3. The van der Waals surface area contributed by atoms with Gasteiger partial charge in [-0.15, -0.1) is 16.9 Å². The summed E-state index contributed by atoms with van der Waals surface area (Å²) in [5, 5.41) is 38.0. The smallest absolute Gasteiger partial charge is 0.352 e. The van der Waals surface area contributed by atoms with E-state index in [1.54, 1.807) is 7.05 Å². The van der Waals surface area contributed by atoms with E-state index in [0.717, 1.165) is 15.8 Å². The minimum absolute atomic E-state index is 0.143. The van der Waals surface area contributed by atoms with Gasteiger partial charge in [-0.05, 0) is 16.0 Å². The third-order valence-corrected chi connectivity index (χ3v) is 7.15. The normalized spacial score (nSPS) is 20.1.